The van der Waals surface area contributed by atoms with Gasteiger partial charge in [0.15, 0.2) is 0 Å². The Morgan fingerprint density at radius 3 is 2.38 bits per heavy atom. The number of carbonyl (C=O) groups excluding carboxylic acids is 2. The molecule has 3 aliphatic heterocycles. The fraction of sp³-hybridized carbons (Fsp3) is 0.385. The van der Waals surface area contributed by atoms with E-state index < -0.39 is 0 Å². The molecular weight excluding hydrogens is 548 g/mol. The second-order valence-corrected chi connectivity index (χ2v) is 13.7. The van der Waals surface area contributed by atoms with E-state index in [1.165, 1.54) is 46.8 Å². The van der Waals surface area contributed by atoms with Gasteiger partial charge < -0.3 is 9.80 Å². The number of likely N-dealkylation sites (N-methyl/N-ethyl adjacent to an activating group) is 2. The van der Waals surface area contributed by atoms with Crippen molar-refractivity contribution in [3.05, 3.63) is 70.5 Å². The van der Waals surface area contributed by atoms with Crippen LogP contribution in [0.15, 0.2) is 55.9 Å². The fourth-order valence-corrected chi connectivity index (χ4v) is 8.81. The van der Waals surface area contributed by atoms with Gasteiger partial charge in [-0.1, -0.05) is 32.3 Å². The number of allylic oxidation sites excluding steroid dienone is 1. The number of carbonyl (C=O) groups is 2. The Labute approximate surface area is 221 Å². The number of hydrogen-bond donors (Lipinski definition) is 0. The van der Waals surface area contributed by atoms with Crippen LogP contribution in [0.3, 0.4) is 0 Å². The molecule has 4 nitrogen and oxygen atoms in total. The van der Waals surface area contributed by atoms with Gasteiger partial charge in [-0.25, -0.2) is 0 Å². The fourth-order valence-electron chi connectivity index (χ4n) is 4.76. The molecule has 8 heteroatoms. The van der Waals surface area contributed by atoms with Crippen LogP contribution in [0.2, 0.25) is 0 Å². The van der Waals surface area contributed by atoms with Crippen molar-refractivity contribution in [1.29, 1.82) is 0 Å². The predicted molar refractivity (Wildman–Crippen MR) is 147 cm³/mol. The van der Waals surface area contributed by atoms with Gasteiger partial charge in [0.05, 0.1) is 31.2 Å². The van der Waals surface area contributed by atoms with Crippen molar-refractivity contribution in [2.75, 3.05) is 14.1 Å². The molecule has 1 atom stereocenters. The van der Waals surface area contributed by atoms with E-state index in [2.05, 4.69) is 41.1 Å². The van der Waals surface area contributed by atoms with Gasteiger partial charge >= 0.3 is 0 Å². The van der Waals surface area contributed by atoms with E-state index in [1.54, 1.807) is 35.7 Å². The van der Waals surface area contributed by atoms with Crippen LogP contribution in [-0.4, -0.2) is 35.7 Å². The number of nitrogens with zero attached hydrogens (tertiary/aromatic N) is 2. The highest BCUT2D eigenvalue weighted by molar-refractivity contribution is 9.11. The molecule has 2 aromatic heterocycles. The van der Waals surface area contributed by atoms with Crippen molar-refractivity contribution >= 4 is 67.9 Å². The highest BCUT2D eigenvalue weighted by Crippen LogP contribution is 2.53. The van der Waals surface area contributed by atoms with Crippen LogP contribution >= 0.6 is 50.4 Å². The van der Waals surface area contributed by atoms with Gasteiger partial charge in [0.25, 0.3) is 11.8 Å². The molecule has 2 aromatic rings. The molecular formula is C26H27BrN2O2S3. The quantitative estimate of drug-likeness (QED) is 0.309. The number of unbranched alkanes of at least 4 members (excludes halogenated alkanes) is 3. The standard InChI is InChI=1S/C26H27BrN2O2S3/c1-4-5-6-7-8-15-9-10-16(32-15)17-11-12-18(33-17)23-21-22(26(31)28(23)2)24(29(3)25(21)30)19-13-14-20(27)34-19/h9-10,12-14,17H,4-8,11H2,1-3H3. The average molecular weight is 576 g/mol. The Bertz CT molecular complexity index is 1250. The molecule has 3 aliphatic rings. The number of aryl methyl sites for hydroxylation is 1. The van der Waals surface area contributed by atoms with Crippen LogP contribution in [0.25, 0.3) is 5.70 Å². The van der Waals surface area contributed by atoms with Crippen LogP contribution in [0.5, 0.6) is 0 Å². The third kappa shape index (κ3) is 4.16. The third-order valence-corrected chi connectivity index (χ3v) is 10.9. The molecule has 0 bridgehead atoms. The van der Waals surface area contributed by atoms with Gasteiger partial charge in [-0.05, 0) is 59.5 Å². The zero-order valence-electron chi connectivity index (χ0n) is 19.5. The lowest BCUT2D eigenvalue weighted by molar-refractivity contribution is -0.123. The minimum absolute atomic E-state index is 0.0994. The second-order valence-electron chi connectivity index (χ2n) is 8.80. The van der Waals surface area contributed by atoms with E-state index in [1.807, 2.05) is 23.5 Å². The topological polar surface area (TPSA) is 40.6 Å². The average Bonchev–Trinajstić information content (AvgIpc) is 3.62. The summed E-state index contributed by atoms with van der Waals surface area (Å²) in [6.07, 6.45) is 9.41. The first-order chi connectivity index (χ1) is 16.4. The Balaban J connectivity index is 1.40. The van der Waals surface area contributed by atoms with Gasteiger partial charge in [-0.15, -0.1) is 34.4 Å². The van der Waals surface area contributed by atoms with E-state index in [4.69, 9.17) is 0 Å². The maximum atomic E-state index is 13.3. The number of thioether (sulfide) groups is 1. The first-order valence-corrected chi connectivity index (χ1v) is 15.0. The SMILES string of the molecule is CCCCCCc1ccc(C2CC=C(C3=C4C(=O)N(C)C(c5ccc(Br)s5)=C4C(=O)N3C)S2)s1. The van der Waals surface area contributed by atoms with Crippen molar-refractivity contribution < 1.29 is 9.59 Å². The number of amides is 2. The van der Waals surface area contributed by atoms with Gasteiger partial charge in [0, 0.05) is 34.0 Å². The normalized spacial score (nSPS) is 20.4. The van der Waals surface area contributed by atoms with Crippen LogP contribution in [0, 0.1) is 0 Å². The van der Waals surface area contributed by atoms with Gasteiger partial charge in [-0.2, -0.15) is 0 Å². The molecule has 0 radical (unpaired) electrons. The maximum Gasteiger partial charge on any atom is 0.261 e. The first-order valence-electron chi connectivity index (χ1n) is 11.7. The molecule has 5 heterocycles. The van der Waals surface area contributed by atoms with E-state index in [9.17, 15) is 9.59 Å². The van der Waals surface area contributed by atoms with Crippen molar-refractivity contribution in [3.63, 3.8) is 0 Å². The van der Waals surface area contributed by atoms with Crippen molar-refractivity contribution in [3.8, 4) is 0 Å². The second kappa shape index (κ2) is 9.80. The van der Waals surface area contributed by atoms with Crippen LogP contribution in [-0.2, 0) is 16.0 Å². The molecule has 0 aromatic carbocycles. The summed E-state index contributed by atoms with van der Waals surface area (Å²) in [4.78, 5) is 34.8. The van der Waals surface area contributed by atoms with E-state index in [0.717, 1.165) is 32.1 Å². The summed E-state index contributed by atoms with van der Waals surface area (Å²) in [5.74, 6) is -0.199. The highest BCUT2D eigenvalue weighted by Gasteiger charge is 2.48. The number of fused-ring (bicyclic) bond motifs is 1. The van der Waals surface area contributed by atoms with Crippen molar-refractivity contribution in [2.45, 2.75) is 50.7 Å². The molecule has 0 fully saturated rings. The minimum atomic E-state index is -0.0994. The Morgan fingerprint density at radius 1 is 0.941 bits per heavy atom. The van der Waals surface area contributed by atoms with Crippen molar-refractivity contribution in [2.24, 2.45) is 0 Å². The lowest BCUT2D eigenvalue weighted by Crippen LogP contribution is -2.25. The summed E-state index contributed by atoms with van der Waals surface area (Å²) in [6.45, 7) is 2.24. The zero-order valence-corrected chi connectivity index (χ0v) is 23.6. The predicted octanol–water partition coefficient (Wildman–Crippen LogP) is 7.37. The Hall–Kier alpha value is -1.61. The minimum Gasteiger partial charge on any atom is -0.309 e. The highest BCUT2D eigenvalue weighted by atomic mass is 79.9. The number of hydrogen-bond acceptors (Lipinski definition) is 5. The molecule has 0 saturated heterocycles. The molecule has 0 spiro atoms. The van der Waals surface area contributed by atoms with Crippen molar-refractivity contribution in [1.82, 2.24) is 9.80 Å². The van der Waals surface area contributed by atoms with Gasteiger partial charge in [0.2, 0.25) is 0 Å². The lowest BCUT2D eigenvalue weighted by atomic mass is 10.1. The van der Waals surface area contributed by atoms with Gasteiger partial charge in [-0.3, -0.25) is 9.59 Å². The monoisotopic (exact) mass is 574 g/mol. The van der Waals surface area contributed by atoms with E-state index in [-0.39, 0.29) is 11.8 Å². The van der Waals surface area contributed by atoms with E-state index in [0.29, 0.717) is 22.1 Å². The third-order valence-electron chi connectivity index (χ3n) is 6.53. The molecule has 0 N–H and O–H groups in total. The summed E-state index contributed by atoms with van der Waals surface area (Å²) >= 11 is 8.75. The van der Waals surface area contributed by atoms with E-state index >= 15 is 0 Å². The largest absolute Gasteiger partial charge is 0.309 e. The number of thiophene rings is 2. The molecule has 1 unspecified atom stereocenters. The molecule has 0 aliphatic carbocycles. The number of halogens is 1. The maximum absolute atomic E-state index is 13.3. The van der Waals surface area contributed by atoms with Crippen LogP contribution in [0.4, 0.5) is 0 Å². The summed E-state index contributed by atoms with van der Waals surface area (Å²) in [5.41, 5.74) is 2.58. The molecule has 5 rings (SSSR count). The Morgan fingerprint density at radius 2 is 1.68 bits per heavy atom. The van der Waals surface area contributed by atoms with Crippen LogP contribution in [0.1, 0.15) is 58.9 Å². The summed E-state index contributed by atoms with van der Waals surface area (Å²) < 4.78 is 0.977. The lowest BCUT2D eigenvalue weighted by Gasteiger charge is -2.20. The number of rotatable bonds is 8. The zero-order chi connectivity index (χ0) is 24.0. The summed E-state index contributed by atoms with van der Waals surface area (Å²) in [6, 6.07) is 8.46. The van der Waals surface area contributed by atoms with Crippen LogP contribution < -0.4 is 0 Å². The Kier molecular flexibility index (Phi) is 6.95. The molecule has 2 amide bonds. The van der Waals surface area contributed by atoms with Gasteiger partial charge in [0.1, 0.15) is 0 Å². The summed E-state index contributed by atoms with van der Waals surface area (Å²) in [7, 11) is 3.56. The summed E-state index contributed by atoms with van der Waals surface area (Å²) in [5, 5.41) is 0.343. The first kappa shape index (κ1) is 24.1. The molecule has 34 heavy (non-hydrogen) atoms. The molecule has 0 saturated carbocycles. The smallest absolute Gasteiger partial charge is 0.261 e. The molecule has 178 valence electrons.